The summed E-state index contributed by atoms with van der Waals surface area (Å²) in [5, 5.41) is 3.41. The zero-order chi connectivity index (χ0) is 29.6. The van der Waals surface area contributed by atoms with E-state index in [0.717, 1.165) is 78.9 Å². The molecule has 0 N–H and O–H groups in total. The molecule has 1 saturated heterocycles. The van der Waals surface area contributed by atoms with Gasteiger partial charge in [0.1, 0.15) is 0 Å². The lowest BCUT2D eigenvalue weighted by molar-refractivity contribution is 0.192. The van der Waals surface area contributed by atoms with Crippen molar-refractivity contribution in [2.45, 2.75) is 79.7 Å². The molecular formula is C37H47N5. The molecule has 5 nitrogen and oxygen atoms in total. The molecule has 220 valence electrons. The number of aryl methyl sites for hydroxylation is 4. The Labute approximate surface area is 251 Å². The Kier molecular flexibility index (Phi) is 9.69. The highest BCUT2D eigenvalue weighted by molar-refractivity contribution is 5.62. The number of fused-ring (bicyclic) bond motifs is 2. The number of pyridine rings is 1. The van der Waals surface area contributed by atoms with Crippen LogP contribution in [0.5, 0.6) is 0 Å². The second kappa shape index (κ2) is 13.6. The van der Waals surface area contributed by atoms with Crippen molar-refractivity contribution >= 4 is 12.2 Å². The van der Waals surface area contributed by atoms with Crippen LogP contribution in [0.4, 0.5) is 0 Å². The summed E-state index contributed by atoms with van der Waals surface area (Å²) in [6.07, 6.45) is 12.0. The molecule has 0 unspecified atom stereocenters. The third-order valence-corrected chi connectivity index (χ3v) is 8.30. The van der Waals surface area contributed by atoms with E-state index in [1.54, 1.807) is 0 Å². The zero-order valence-electron chi connectivity index (χ0n) is 26.4. The summed E-state index contributed by atoms with van der Waals surface area (Å²) >= 11 is 0. The van der Waals surface area contributed by atoms with Crippen LogP contribution in [0, 0.1) is 26.7 Å². The van der Waals surface area contributed by atoms with E-state index in [1.165, 1.54) is 34.3 Å². The average Bonchev–Trinajstić information content (AvgIpc) is 2.98. The molecule has 1 aromatic carbocycles. The summed E-state index contributed by atoms with van der Waals surface area (Å²) < 4.78 is 2.39. The molecule has 2 aliphatic heterocycles. The number of likely N-dealkylation sites (tertiary alicyclic amines) is 1. The lowest BCUT2D eigenvalue weighted by Gasteiger charge is -2.31. The third kappa shape index (κ3) is 7.25. The van der Waals surface area contributed by atoms with E-state index < -0.39 is 0 Å². The summed E-state index contributed by atoms with van der Waals surface area (Å²) in [6.45, 7) is 16.6. The van der Waals surface area contributed by atoms with Gasteiger partial charge in [-0.25, -0.2) is 4.98 Å². The van der Waals surface area contributed by atoms with Gasteiger partial charge < -0.3 is 9.47 Å². The molecule has 3 heterocycles. The maximum Gasteiger partial charge on any atom is 0.0882 e. The predicted molar refractivity (Wildman–Crippen MR) is 175 cm³/mol. The maximum atomic E-state index is 5.26. The number of piperidine rings is 1. The van der Waals surface area contributed by atoms with Gasteiger partial charge in [-0.2, -0.15) is 0 Å². The molecule has 5 heteroatoms. The molecule has 6 rings (SSSR count). The lowest BCUT2D eigenvalue weighted by atomic mass is 10.0. The van der Waals surface area contributed by atoms with Crippen molar-refractivity contribution < 1.29 is 0 Å². The number of aromatic nitrogens is 3. The maximum absolute atomic E-state index is 5.26. The highest BCUT2D eigenvalue weighted by atomic mass is 15.1. The second-order valence-electron chi connectivity index (χ2n) is 12.4. The minimum atomic E-state index is 0.405. The number of nitrogens with zero attached hydrogens (tertiary/aromatic N) is 5. The van der Waals surface area contributed by atoms with Gasteiger partial charge in [0.2, 0.25) is 0 Å². The first-order chi connectivity index (χ1) is 20.3. The number of hydrogen-bond acceptors (Lipinski definition) is 4. The van der Waals surface area contributed by atoms with Crippen LogP contribution in [0.25, 0.3) is 29.2 Å². The summed E-state index contributed by atoms with van der Waals surface area (Å²) in [5.41, 5.74) is 8.27. The summed E-state index contributed by atoms with van der Waals surface area (Å²) in [7, 11) is 0. The van der Waals surface area contributed by atoms with Crippen molar-refractivity contribution in [3.05, 3.63) is 93.2 Å². The molecule has 0 spiro atoms. The first kappa shape index (κ1) is 29.9. The van der Waals surface area contributed by atoms with E-state index in [2.05, 4.69) is 104 Å². The number of hydrogen-bond donors (Lipinski definition) is 0. The van der Waals surface area contributed by atoms with E-state index in [1.807, 2.05) is 19.2 Å². The molecule has 42 heavy (non-hydrogen) atoms. The van der Waals surface area contributed by atoms with Crippen molar-refractivity contribution in [1.82, 2.24) is 19.4 Å². The fraction of sp³-hybridized carbons (Fsp3) is 0.432. The highest BCUT2D eigenvalue weighted by Crippen LogP contribution is 2.21. The molecule has 0 saturated carbocycles. The molecule has 0 amide bonds. The van der Waals surface area contributed by atoms with Crippen molar-refractivity contribution in [3.63, 3.8) is 0 Å². The number of benzene rings is 2. The van der Waals surface area contributed by atoms with Crippen molar-refractivity contribution in [2.75, 3.05) is 19.6 Å². The van der Waals surface area contributed by atoms with E-state index in [0.29, 0.717) is 6.04 Å². The standard InChI is InChI=1S/C29H36N4.C8H11N/c1-20(2)19-32-15-13-23(14-16-32)30-26-18-29-27(17-22(26)4)31-25-7-5-6-8-28(25)33(29)24-11-9-21(3)10-12-24;1-3-8-5-4-7(2)9-6-8/h7-12,17-18,20,23H,5-6,13-16,19H2,1-4H3;4-6H,3H2,1-2H3. The van der Waals surface area contributed by atoms with E-state index in [-0.39, 0.29) is 0 Å². The van der Waals surface area contributed by atoms with Crippen LogP contribution in [0.15, 0.2) is 59.7 Å². The van der Waals surface area contributed by atoms with Crippen molar-refractivity contribution in [2.24, 2.45) is 10.9 Å². The van der Waals surface area contributed by atoms with Crippen LogP contribution in [0.3, 0.4) is 0 Å². The Morgan fingerprint density at radius 1 is 0.929 bits per heavy atom. The van der Waals surface area contributed by atoms with Crippen molar-refractivity contribution in [3.8, 4) is 17.1 Å². The fourth-order valence-corrected chi connectivity index (χ4v) is 5.92. The van der Waals surface area contributed by atoms with E-state index in [9.17, 15) is 0 Å². The summed E-state index contributed by atoms with van der Waals surface area (Å²) in [5.74, 6) is 0.728. The molecule has 0 bridgehead atoms. The van der Waals surface area contributed by atoms with E-state index >= 15 is 0 Å². The lowest BCUT2D eigenvalue weighted by Crippen LogP contribution is -2.40. The quantitative estimate of drug-likeness (QED) is 0.304. The SMILES string of the molecule is CCc1ccc(C)nc1.Cc1ccc(-n2c3cc(=NC4CCN(CC(C)C)CC4)c(C)cc-3nc3c2=CCCC=3)cc1. The van der Waals surface area contributed by atoms with Gasteiger partial charge in [-0.15, -0.1) is 0 Å². The third-order valence-electron chi connectivity index (χ3n) is 8.30. The molecule has 4 aliphatic rings. The molecule has 2 aromatic rings. The fourth-order valence-electron chi connectivity index (χ4n) is 5.92. The Balaban J connectivity index is 0.000000336. The molecule has 2 aliphatic carbocycles. The van der Waals surface area contributed by atoms with Gasteiger partial charge in [0.05, 0.1) is 33.5 Å². The first-order valence-corrected chi connectivity index (χ1v) is 15.8. The van der Waals surface area contributed by atoms with E-state index in [4.69, 9.17) is 9.98 Å². The van der Waals surface area contributed by atoms with Gasteiger partial charge in [0.25, 0.3) is 0 Å². The van der Waals surface area contributed by atoms with Crippen LogP contribution in [-0.2, 0) is 6.42 Å². The predicted octanol–water partition coefficient (Wildman–Crippen LogP) is 5.92. The average molecular weight is 562 g/mol. The topological polar surface area (TPSA) is 46.3 Å². The van der Waals surface area contributed by atoms with Gasteiger partial charge in [-0.1, -0.05) is 56.7 Å². The Morgan fingerprint density at radius 2 is 1.67 bits per heavy atom. The molecular weight excluding hydrogens is 514 g/mol. The van der Waals surface area contributed by atoms with Crippen molar-refractivity contribution in [1.29, 1.82) is 0 Å². The van der Waals surface area contributed by atoms with Crippen LogP contribution in [0.1, 0.15) is 68.8 Å². The van der Waals surface area contributed by atoms with Gasteiger partial charge >= 0.3 is 0 Å². The minimum Gasteiger partial charge on any atom is -0.306 e. The Hall–Kier alpha value is -3.57. The van der Waals surface area contributed by atoms with Crippen LogP contribution in [0.2, 0.25) is 0 Å². The Bertz CT molecular complexity index is 1640. The van der Waals surface area contributed by atoms with Crippen LogP contribution >= 0.6 is 0 Å². The molecule has 0 radical (unpaired) electrons. The van der Waals surface area contributed by atoms with Gasteiger partial charge in [-0.3, -0.25) is 9.98 Å². The normalized spacial score (nSPS) is 16.0. The van der Waals surface area contributed by atoms with Crippen LogP contribution in [-0.4, -0.2) is 45.1 Å². The molecule has 0 atom stereocenters. The zero-order valence-corrected chi connectivity index (χ0v) is 26.4. The molecule has 1 aromatic heterocycles. The second-order valence-corrected chi connectivity index (χ2v) is 12.4. The Morgan fingerprint density at radius 3 is 2.33 bits per heavy atom. The minimum absolute atomic E-state index is 0.405. The summed E-state index contributed by atoms with van der Waals surface area (Å²) in [4.78, 5) is 17.1. The smallest absolute Gasteiger partial charge is 0.0882 e. The van der Waals surface area contributed by atoms with Gasteiger partial charge in [0, 0.05) is 37.2 Å². The first-order valence-electron chi connectivity index (χ1n) is 15.8. The highest BCUT2D eigenvalue weighted by Gasteiger charge is 2.20. The van der Waals surface area contributed by atoms with Crippen LogP contribution < -0.4 is 16.1 Å². The van der Waals surface area contributed by atoms with Gasteiger partial charge in [-0.05, 0) is 100 Å². The number of rotatable bonds is 5. The molecule has 1 fully saturated rings. The summed E-state index contributed by atoms with van der Waals surface area (Å²) in [6, 6.07) is 17.9. The monoisotopic (exact) mass is 561 g/mol. The largest absolute Gasteiger partial charge is 0.306 e. The van der Waals surface area contributed by atoms with Gasteiger partial charge in [0.15, 0.2) is 0 Å².